The average molecular weight is 754 g/mol. The van der Waals surface area contributed by atoms with Crippen LogP contribution in [0.5, 0.6) is 0 Å². The highest BCUT2D eigenvalue weighted by atomic mass is 31.2. The summed E-state index contributed by atoms with van der Waals surface area (Å²) in [4.78, 5) is 22.9. The summed E-state index contributed by atoms with van der Waals surface area (Å²) in [5.41, 5.74) is 0. The molecule has 0 rings (SSSR count). The van der Waals surface area contributed by atoms with Crippen molar-refractivity contribution in [3.8, 4) is 0 Å². The molecule has 9 heteroatoms. The SMILES string of the molecule is CCCCC/C=C/C(O)C(COP(=O)(O)OCC[N+](C)(C)C)NC(=O)CCCCCCCCCCCC/C=C\C/C=C\C/C=C\CCCCCCC. The maximum atomic E-state index is 12.7. The molecule has 0 aromatic carbocycles. The van der Waals surface area contributed by atoms with E-state index in [1.807, 2.05) is 27.2 Å². The minimum absolute atomic E-state index is 0.0581. The van der Waals surface area contributed by atoms with Crippen LogP contribution < -0.4 is 5.32 Å². The van der Waals surface area contributed by atoms with E-state index in [0.29, 0.717) is 17.4 Å². The zero-order valence-corrected chi connectivity index (χ0v) is 35.2. The van der Waals surface area contributed by atoms with Crippen molar-refractivity contribution in [2.24, 2.45) is 0 Å². The number of hydrogen-bond acceptors (Lipinski definition) is 5. The van der Waals surface area contributed by atoms with Gasteiger partial charge in [0.2, 0.25) is 5.91 Å². The van der Waals surface area contributed by atoms with Crippen LogP contribution >= 0.6 is 7.82 Å². The Labute approximate surface area is 320 Å². The van der Waals surface area contributed by atoms with E-state index in [0.717, 1.165) is 57.8 Å². The van der Waals surface area contributed by atoms with E-state index in [4.69, 9.17) is 9.05 Å². The van der Waals surface area contributed by atoms with Gasteiger partial charge in [-0.25, -0.2) is 4.57 Å². The van der Waals surface area contributed by atoms with Crippen LogP contribution in [0.15, 0.2) is 48.6 Å². The number of hydrogen-bond donors (Lipinski definition) is 3. The van der Waals surface area contributed by atoms with Crippen molar-refractivity contribution in [3.63, 3.8) is 0 Å². The van der Waals surface area contributed by atoms with Crippen LogP contribution in [0.25, 0.3) is 0 Å². The number of amides is 1. The third-order valence-electron chi connectivity index (χ3n) is 9.04. The van der Waals surface area contributed by atoms with Crippen molar-refractivity contribution < 1.29 is 32.9 Å². The number of carbonyl (C=O) groups is 1. The van der Waals surface area contributed by atoms with Gasteiger partial charge in [-0.05, 0) is 57.8 Å². The molecule has 0 aliphatic carbocycles. The van der Waals surface area contributed by atoms with E-state index in [1.165, 1.54) is 89.9 Å². The van der Waals surface area contributed by atoms with Gasteiger partial charge >= 0.3 is 7.82 Å². The maximum absolute atomic E-state index is 12.7. The third-order valence-corrected chi connectivity index (χ3v) is 10.0. The number of nitrogens with zero attached hydrogens (tertiary/aromatic N) is 1. The number of phosphoric ester groups is 1. The molecule has 0 heterocycles. The van der Waals surface area contributed by atoms with Crippen LogP contribution in [0.2, 0.25) is 0 Å². The normalized spacial score (nSPS) is 15.0. The number of unbranched alkanes of at least 4 members (excludes halogenated alkanes) is 18. The fourth-order valence-corrected chi connectivity index (χ4v) is 6.37. The zero-order chi connectivity index (χ0) is 38.6. The first kappa shape index (κ1) is 50.5. The Hall–Kier alpha value is -1.54. The summed E-state index contributed by atoms with van der Waals surface area (Å²) >= 11 is 0. The molecular formula is C43H82N2O6P+. The number of allylic oxidation sites excluding steroid dienone is 7. The first-order valence-electron chi connectivity index (χ1n) is 21.0. The smallest absolute Gasteiger partial charge is 0.387 e. The Kier molecular flexibility index (Phi) is 34.1. The number of carbonyl (C=O) groups excluding carboxylic acids is 1. The van der Waals surface area contributed by atoms with Gasteiger partial charge in [0.1, 0.15) is 13.2 Å². The monoisotopic (exact) mass is 754 g/mol. The highest BCUT2D eigenvalue weighted by Gasteiger charge is 2.27. The second-order valence-electron chi connectivity index (χ2n) is 15.4. The summed E-state index contributed by atoms with van der Waals surface area (Å²) in [7, 11) is 1.56. The van der Waals surface area contributed by atoms with Crippen LogP contribution in [0.4, 0.5) is 0 Å². The quantitative estimate of drug-likeness (QED) is 0.0252. The zero-order valence-electron chi connectivity index (χ0n) is 34.3. The van der Waals surface area contributed by atoms with E-state index in [-0.39, 0.29) is 19.1 Å². The number of aliphatic hydroxyl groups is 1. The summed E-state index contributed by atoms with van der Waals surface area (Å²) < 4.78 is 23.3. The van der Waals surface area contributed by atoms with Crippen molar-refractivity contribution in [1.29, 1.82) is 0 Å². The van der Waals surface area contributed by atoms with Gasteiger partial charge in [0, 0.05) is 6.42 Å². The molecule has 0 aliphatic heterocycles. The standard InChI is InChI=1S/C43H81N2O6P/c1-6-8-10-12-13-14-15-16-17-18-19-20-21-22-23-24-25-26-27-28-29-30-31-33-35-37-43(47)44-41(42(46)36-34-32-11-9-7-2)40-51-52(48,49)50-39-38-45(3,4)5/h15-16,18-19,21-22,34,36,41-42,46H,6-14,17,20,23-33,35,37-40H2,1-5H3,(H-,44,47,48,49)/p+1/b16-15-,19-18-,22-21-,36-34+. The van der Waals surface area contributed by atoms with Gasteiger partial charge in [-0.15, -0.1) is 0 Å². The molecule has 0 spiro atoms. The van der Waals surface area contributed by atoms with Gasteiger partial charge in [0.05, 0.1) is 39.9 Å². The topological polar surface area (TPSA) is 105 Å². The minimum atomic E-state index is -4.32. The lowest BCUT2D eigenvalue weighted by atomic mass is 10.0. The molecule has 0 aromatic heterocycles. The van der Waals surface area contributed by atoms with Crippen LogP contribution in [-0.2, 0) is 18.4 Å². The van der Waals surface area contributed by atoms with Gasteiger partial charge in [0.15, 0.2) is 0 Å². The fraction of sp³-hybridized carbons (Fsp3) is 0.791. The summed E-state index contributed by atoms with van der Waals surface area (Å²) in [6, 6.07) is -0.845. The number of nitrogens with one attached hydrogen (secondary N) is 1. The van der Waals surface area contributed by atoms with Crippen molar-refractivity contribution in [2.45, 2.75) is 180 Å². The lowest BCUT2D eigenvalue weighted by Gasteiger charge is -2.25. The van der Waals surface area contributed by atoms with Crippen molar-refractivity contribution in [2.75, 3.05) is 40.9 Å². The van der Waals surface area contributed by atoms with E-state index < -0.39 is 20.0 Å². The largest absolute Gasteiger partial charge is 0.472 e. The molecule has 0 saturated carbocycles. The van der Waals surface area contributed by atoms with E-state index in [1.54, 1.807) is 6.08 Å². The summed E-state index contributed by atoms with van der Waals surface area (Å²) in [5.74, 6) is -0.191. The summed E-state index contributed by atoms with van der Waals surface area (Å²) in [6.07, 6.45) is 43.7. The van der Waals surface area contributed by atoms with Gasteiger partial charge < -0.3 is 19.8 Å². The molecule has 0 saturated heterocycles. The fourth-order valence-electron chi connectivity index (χ4n) is 5.63. The molecule has 0 aliphatic rings. The first-order chi connectivity index (χ1) is 25.0. The molecule has 3 atom stereocenters. The summed E-state index contributed by atoms with van der Waals surface area (Å²) in [6.45, 7) is 4.67. The number of likely N-dealkylation sites (N-methyl/N-ethyl adjacent to an activating group) is 1. The number of aliphatic hydroxyl groups excluding tert-OH is 1. The number of phosphoric acid groups is 1. The molecule has 3 unspecified atom stereocenters. The Morgan fingerprint density at radius 1 is 0.654 bits per heavy atom. The Morgan fingerprint density at radius 2 is 1.10 bits per heavy atom. The van der Waals surface area contributed by atoms with Gasteiger partial charge in [-0.2, -0.15) is 0 Å². The molecule has 304 valence electrons. The van der Waals surface area contributed by atoms with Gasteiger partial charge in [0.25, 0.3) is 0 Å². The molecular weight excluding hydrogens is 671 g/mol. The van der Waals surface area contributed by atoms with E-state index in [2.05, 4.69) is 55.6 Å². The van der Waals surface area contributed by atoms with Crippen molar-refractivity contribution in [1.82, 2.24) is 5.32 Å². The van der Waals surface area contributed by atoms with Gasteiger partial charge in [-0.3, -0.25) is 13.8 Å². The van der Waals surface area contributed by atoms with E-state index in [9.17, 15) is 19.4 Å². The molecule has 0 fully saturated rings. The Balaban J connectivity index is 4.07. The molecule has 1 amide bonds. The van der Waals surface area contributed by atoms with Crippen molar-refractivity contribution >= 4 is 13.7 Å². The van der Waals surface area contributed by atoms with Crippen molar-refractivity contribution in [3.05, 3.63) is 48.6 Å². The predicted octanol–water partition coefficient (Wildman–Crippen LogP) is 11.3. The molecule has 52 heavy (non-hydrogen) atoms. The average Bonchev–Trinajstić information content (AvgIpc) is 3.09. The van der Waals surface area contributed by atoms with E-state index >= 15 is 0 Å². The lowest BCUT2D eigenvalue weighted by Crippen LogP contribution is -2.45. The summed E-state index contributed by atoms with van der Waals surface area (Å²) in [5, 5.41) is 13.6. The number of rotatable bonds is 37. The number of quaternary nitrogens is 1. The van der Waals surface area contributed by atoms with Crippen LogP contribution in [0, 0.1) is 0 Å². The third kappa shape index (κ3) is 36.8. The maximum Gasteiger partial charge on any atom is 0.472 e. The predicted molar refractivity (Wildman–Crippen MR) is 221 cm³/mol. The lowest BCUT2D eigenvalue weighted by molar-refractivity contribution is -0.870. The second-order valence-corrected chi connectivity index (χ2v) is 16.8. The Bertz CT molecular complexity index is 991. The Morgan fingerprint density at radius 3 is 1.63 bits per heavy atom. The molecule has 0 aromatic rings. The molecule has 0 radical (unpaired) electrons. The molecule has 8 nitrogen and oxygen atoms in total. The van der Waals surface area contributed by atoms with Crippen LogP contribution in [0.3, 0.4) is 0 Å². The second kappa shape index (κ2) is 35.2. The molecule has 3 N–H and O–H groups in total. The van der Waals surface area contributed by atoms with Crippen LogP contribution in [-0.4, -0.2) is 73.4 Å². The first-order valence-corrected chi connectivity index (χ1v) is 22.5. The highest BCUT2D eigenvalue weighted by molar-refractivity contribution is 7.47. The van der Waals surface area contributed by atoms with Gasteiger partial charge in [-0.1, -0.05) is 152 Å². The highest BCUT2D eigenvalue weighted by Crippen LogP contribution is 2.43. The minimum Gasteiger partial charge on any atom is -0.387 e. The van der Waals surface area contributed by atoms with Crippen LogP contribution in [0.1, 0.15) is 168 Å². The molecule has 0 bridgehead atoms.